The zero-order chi connectivity index (χ0) is 18.7. The summed E-state index contributed by atoms with van der Waals surface area (Å²) in [7, 11) is 1.64. The van der Waals surface area contributed by atoms with Crippen LogP contribution in [-0.2, 0) is 4.79 Å². The van der Waals surface area contributed by atoms with Gasteiger partial charge in [-0.25, -0.2) is 9.78 Å². The Morgan fingerprint density at radius 1 is 1.23 bits per heavy atom. The van der Waals surface area contributed by atoms with Gasteiger partial charge in [0.15, 0.2) is 5.82 Å². The van der Waals surface area contributed by atoms with E-state index in [1.165, 1.54) is 11.8 Å². The predicted molar refractivity (Wildman–Crippen MR) is 100.0 cm³/mol. The summed E-state index contributed by atoms with van der Waals surface area (Å²) in [5.74, 6) is 0.750. The first-order valence-corrected chi connectivity index (χ1v) is 8.16. The molecule has 1 aromatic carbocycles. The number of fused-ring (bicyclic) bond motifs is 1. The fourth-order valence-electron chi connectivity index (χ4n) is 2.55. The number of aromatic amines is 1. The van der Waals surface area contributed by atoms with Gasteiger partial charge in [0.25, 0.3) is 0 Å². The topological polar surface area (TPSA) is 103 Å². The van der Waals surface area contributed by atoms with Gasteiger partial charge in [0.05, 0.1) is 16.9 Å². The Balaban J connectivity index is 1.71. The SMILES string of the molecule is CC(=O)N(C)c1n[nH]c2cc(NC(=O)N[C@H](C)c3ccccc3)ncc12. The Morgan fingerprint density at radius 2 is 1.96 bits per heavy atom. The quantitative estimate of drug-likeness (QED) is 0.672. The summed E-state index contributed by atoms with van der Waals surface area (Å²) in [4.78, 5) is 29.4. The van der Waals surface area contributed by atoms with Crippen molar-refractivity contribution in [3.05, 3.63) is 48.2 Å². The first-order chi connectivity index (χ1) is 12.5. The molecule has 8 heteroatoms. The molecule has 26 heavy (non-hydrogen) atoms. The molecule has 3 rings (SSSR count). The molecule has 0 spiro atoms. The highest BCUT2D eigenvalue weighted by molar-refractivity contribution is 6.00. The van der Waals surface area contributed by atoms with E-state index >= 15 is 0 Å². The number of nitrogens with one attached hydrogen (secondary N) is 3. The van der Waals surface area contributed by atoms with Crippen LogP contribution in [0.4, 0.5) is 16.4 Å². The number of benzene rings is 1. The van der Waals surface area contributed by atoms with Crippen LogP contribution in [0.2, 0.25) is 0 Å². The minimum absolute atomic E-state index is 0.130. The lowest BCUT2D eigenvalue weighted by Gasteiger charge is -2.14. The number of pyridine rings is 1. The maximum absolute atomic E-state index is 12.2. The van der Waals surface area contributed by atoms with Gasteiger partial charge >= 0.3 is 6.03 Å². The lowest BCUT2D eigenvalue weighted by atomic mass is 10.1. The second-order valence-electron chi connectivity index (χ2n) is 5.97. The number of hydrogen-bond acceptors (Lipinski definition) is 4. The second-order valence-corrected chi connectivity index (χ2v) is 5.97. The number of urea groups is 1. The third-order valence-electron chi connectivity index (χ3n) is 4.11. The highest BCUT2D eigenvalue weighted by Gasteiger charge is 2.15. The Hall–Kier alpha value is -3.42. The molecule has 1 atom stereocenters. The summed E-state index contributed by atoms with van der Waals surface area (Å²) in [6.45, 7) is 3.37. The predicted octanol–water partition coefficient (Wildman–Crippen LogP) is 2.82. The van der Waals surface area contributed by atoms with Crippen molar-refractivity contribution < 1.29 is 9.59 Å². The Labute approximate surface area is 150 Å². The first-order valence-electron chi connectivity index (χ1n) is 8.16. The molecule has 8 nitrogen and oxygen atoms in total. The van der Waals surface area contributed by atoms with Crippen LogP contribution in [0.3, 0.4) is 0 Å². The van der Waals surface area contributed by atoms with Crippen LogP contribution in [0.25, 0.3) is 10.9 Å². The summed E-state index contributed by atoms with van der Waals surface area (Å²) in [5, 5.41) is 13.3. The summed E-state index contributed by atoms with van der Waals surface area (Å²) < 4.78 is 0. The molecule has 0 unspecified atom stereocenters. The molecule has 0 saturated carbocycles. The van der Waals surface area contributed by atoms with Crippen LogP contribution in [-0.4, -0.2) is 34.2 Å². The normalized spacial score (nSPS) is 11.8. The van der Waals surface area contributed by atoms with E-state index in [1.807, 2.05) is 37.3 Å². The molecule has 0 bridgehead atoms. The van der Waals surface area contributed by atoms with Crippen LogP contribution in [0, 0.1) is 0 Å². The monoisotopic (exact) mass is 352 g/mol. The highest BCUT2D eigenvalue weighted by atomic mass is 16.2. The molecule has 3 amide bonds. The van der Waals surface area contributed by atoms with Crippen LogP contribution in [0.15, 0.2) is 42.6 Å². The van der Waals surface area contributed by atoms with Crippen molar-refractivity contribution in [2.45, 2.75) is 19.9 Å². The lowest BCUT2D eigenvalue weighted by Crippen LogP contribution is -2.31. The van der Waals surface area contributed by atoms with Gasteiger partial charge in [-0.2, -0.15) is 5.10 Å². The number of carbonyl (C=O) groups excluding carboxylic acids is 2. The number of hydrogen-bond donors (Lipinski definition) is 3. The number of amides is 3. The average molecular weight is 352 g/mol. The molecule has 0 aliphatic carbocycles. The average Bonchev–Trinajstić information content (AvgIpc) is 3.04. The third-order valence-corrected chi connectivity index (χ3v) is 4.11. The second kappa shape index (κ2) is 7.22. The minimum Gasteiger partial charge on any atom is -0.331 e. The third kappa shape index (κ3) is 3.64. The van der Waals surface area contributed by atoms with E-state index in [-0.39, 0.29) is 18.0 Å². The van der Waals surface area contributed by atoms with Crippen molar-refractivity contribution in [1.82, 2.24) is 20.5 Å². The van der Waals surface area contributed by atoms with Crippen LogP contribution < -0.4 is 15.5 Å². The number of H-pyrrole nitrogens is 1. The van der Waals surface area contributed by atoms with Gasteiger partial charge in [0.1, 0.15) is 5.82 Å². The number of anilines is 2. The Kier molecular flexibility index (Phi) is 4.83. The molecule has 0 saturated heterocycles. The zero-order valence-corrected chi connectivity index (χ0v) is 14.8. The standard InChI is InChI=1S/C18H20N6O2/c1-11(13-7-5-4-6-8-13)20-18(26)21-16-9-15-14(10-19-16)17(23-22-15)24(3)12(2)25/h4-11H,1-3H3,(H,22,23)(H2,19,20,21,26)/t11-/m1/s1. The number of nitrogens with zero attached hydrogens (tertiary/aromatic N) is 3. The van der Waals surface area contributed by atoms with E-state index in [2.05, 4.69) is 25.8 Å². The van der Waals surface area contributed by atoms with Gasteiger partial charge in [-0.15, -0.1) is 0 Å². The van der Waals surface area contributed by atoms with Crippen molar-refractivity contribution in [2.75, 3.05) is 17.3 Å². The van der Waals surface area contributed by atoms with Gasteiger partial charge in [-0.05, 0) is 12.5 Å². The number of carbonyl (C=O) groups is 2. The van der Waals surface area contributed by atoms with Crippen LogP contribution in [0.1, 0.15) is 25.5 Å². The van der Waals surface area contributed by atoms with Crippen molar-refractivity contribution in [1.29, 1.82) is 0 Å². The maximum Gasteiger partial charge on any atom is 0.320 e. The Bertz CT molecular complexity index is 937. The Morgan fingerprint density at radius 3 is 2.65 bits per heavy atom. The highest BCUT2D eigenvalue weighted by Crippen LogP contribution is 2.24. The molecule has 0 radical (unpaired) electrons. The molecule has 2 heterocycles. The van der Waals surface area contributed by atoms with Crippen LogP contribution >= 0.6 is 0 Å². The fraction of sp³-hybridized carbons (Fsp3) is 0.222. The van der Waals surface area contributed by atoms with Gasteiger partial charge in [0.2, 0.25) is 5.91 Å². The smallest absolute Gasteiger partial charge is 0.320 e. The molecular formula is C18H20N6O2. The van der Waals surface area contributed by atoms with Gasteiger partial charge < -0.3 is 5.32 Å². The van der Waals surface area contributed by atoms with Gasteiger partial charge in [0, 0.05) is 26.2 Å². The largest absolute Gasteiger partial charge is 0.331 e. The summed E-state index contributed by atoms with van der Waals surface area (Å²) >= 11 is 0. The van der Waals surface area contributed by atoms with Gasteiger partial charge in [-0.3, -0.25) is 20.1 Å². The van der Waals surface area contributed by atoms with E-state index in [0.29, 0.717) is 22.5 Å². The van der Waals surface area contributed by atoms with E-state index in [4.69, 9.17) is 0 Å². The molecule has 3 N–H and O–H groups in total. The van der Waals surface area contributed by atoms with Crippen molar-refractivity contribution in [3.63, 3.8) is 0 Å². The molecule has 134 valence electrons. The minimum atomic E-state index is -0.353. The molecule has 2 aromatic heterocycles. The molecule has 0 fully saturated rings. The van der Waals surface area contributed by atoms with Crippen LogP contribution in [0.5, 0.6) is 0 Å². The molecular weight excluding hydrogens is 332 g/mol. The van der Waals surface area contributed by atoms with Crippen molar-refractivity contribution in [2.24, 2.45) is 0 Å². The zero-order valence-electron chi connectivity index (χ0n) is 14.8. The van der Waals surface area contributed by atoms with E-state index in [9.17, 15) is 9.59 Å². The van der Waals surface area contributed by atoms with Gasteiger partial charge in [-0.1, -0.05) is 30.3 Å². The van der Waals surface area contributed by atoms with Crippen molar-refractivity contribution in [3.8, 4) is 0 Å². The summed E-state index contributed by atoms with van der Waals surface area (Å²) in [6.07, 6.45) is 1.57. The van der Waals surface area contributed by atoms with E-state index in [1.54, 1.807) is 19.3 Å². The summed E-state index contributed by atoms with van der Waals surface area (Å²) in [6, 6.07) is 10.9. The first kappa shape index (κ1) is 17.4. The summed E-state index contributed by atoms with van der Waals surface area (Å²) in [5.41, 5.74) is 1.69. The van der Waals surface area contributed by atoms with Crippen molar-refractivity contribution >= 4 is 34.5 Å². The molecule has 0 aliphatic rings. The van der Waals surface area contributed by atoms with E-state index in [0.717, 1.165) is 5.56 Å². The van der Waals surface area contributed by atoms with E-state index < -0.39 is 0 Å². The maximum atomic E-state index is 12.2. The molecule has 3 aromatic rings. The number of rotatable bonds is 4. The fourth-order valence-corrected chi connectivity index (χ4v) is 2.55. The lowest BCUT2D eigenvalue weighted by molar-refractivity contribution is -0.116. The molecule has 0 aliphatic heterocycles. The number of aromatic nitrogens is 3.